The highest BCUT2D eigenvalue weighted by Gasteiger charge is 2.32. The first kappa shape index (κ1) is 71.8. The number of nitrogens with zero attached hydrogens (tertiary/aromatic N) is 5. The molecule has 0 aliphatic carbocycles. The number of benzene rings is 4. The second-order valence-electron chi connectivity index (χ2n) is 23.1. The van der Waals surface area contributed by atoms with Crippen LogP contribution in [-0.4, -0.2) is 159 Å². The molecule has 6 heterocycles. The van der Waals surface area contributed by atoms with Crippen molar-refractivity contribution in [2.24, 2.45) is 0 Å². The smallest absolute Gasteiger partial charge is 0.410 e. The molecule has 2 fully saturated rings. The van der Waals surface area contributed by atoms with E-state index in [0.29, 0.717) is 115 Å². The van der Waals surface area contributed by atoms with Crippen molar-refractivity contribution in [3.63, 3.8) is 0 Å². The monoisotopic (exact) mass is 1320 g/mol. The average molecular weight is 1320 g/mol. The molecule has 0 radical (unpaired) electrons. The Balaban J connectivity index is 0.000000203. The lowest BCUT2D eigenvalue weighted by atomic mass is 10.0. The number of amides is 1. The number of likely N-dealkylation sites (tertiary alicyclic amines) is 1. The maximum atomic E-state index is 13.5. The van der Waals surface area contributed by atoms with Gasteiger partial charge in [-0.1, -0.05) is 6.07 Å². The lowest BCUT2D eigenvalue weighted by Crippen LogP contribution is -2.49. The van der Waals surface area contributed by atoms with E-state index in [9.17, 15) is 38.4 Å². The summed E-state index contributed by atoms with van der Waals surface area (Å²) in [7, 11) is 4.68. The number of aromatic nitrogens is 3. The van der Waals surface area contributed by atoms with E-state index in [-0.39, 0.29) is 55.1 Å². The molecule has 0 unspecified atom stereocenters. The van der Waals surface area contributed by atoms with Gasteiger partial charge >= 0.3 is 24.0 Å². The van der Waals surface area contributed by atoms with Gasteiger partial charge in [0.15, 0.2) is 17.8 Å². The fraction of sp³-hybridized carbons (Fsp3) is 0.389. The Labute approximate surface area is 555 Å². The number of carbonyl (C=O) groups excluding carboxylic acids is 5. The summed E-state index contributed by atoms with van der Waals surface area (Å²) in [6.07, 6.45) is 10.1. The zero-order valence-corrected chi connectivity index (χ0v) is 55.7. The van der Waals surface area contributed by atoms with E-state index in [2.05, 4.69) is 4.90 Å². The molecule has 0 bridgehead atoms. The minimum Gasteiger partial charge on any atom is -0.497 e. The second-order valence-corrected chi connectivity index (χ2v) is 23.1. The third kappa shape index (κ3) is 19.3. The molecule has 3 aliphatic heterocycles. The summed E-state index contributed by atoms with van der Waals surface area (Å²) in [4.78, 5) is 102. The van der Waals surface area contributed by atoms with E-state index in [1.807, 2.05) is 68.1 Å². The SMILES string of the molecule is CCOC(=O)/C=C/c1cc(=O)n(CC2OCCO2)c2cc(OC)ccc12.CCOC(=O)/C=C/c1cc(=O)n(CC=O)c2cc(OC)ccc12.CCOC(=O)/C=C\c1cc(=O)n(CCN2CCC(N(Cc3ccc4c(c3)OCCO4)C(=O)OC(C)(C)C)CC2)c2cc(OC)ccc12. The summed E-state index contributed by atoms with van der Waals surface area (Å²) in [5.74, 6) is 1.85. The van der Waals surface area contributed by atoms with E-state index in [0.717, 1.165) is 53.2 Å². The van der Waals surface area contributed by atoms with Crippen LogP contribution in [0.15, 0.2) is 124 Å². The van der Waals surface area contributed by atoms with E-state index < -0.39 is 29.8 Å². The minimum absolute atomic E-state index is 0.00687. The first-order valence-electron chi connectivity index (χ1n) is 31.7. The van der Waals surface area contributed by atoms with Crippen molar-refractivity contribution in [1.82, 2.24) is 23.5 Å². The van der Waals surface area contributed by atoms with Crippen molar-refractivity contribution in [2.45, 2.75) is 98.5 Å². The number of aldehydes is 1. The van der Waals surface area contributed by atoms with Gasteiger partial charge in [0, 0.05) is 110 Å². The minimum atomic E-state index is -0.619. The quantitative estimate of drug-likeness (QED) is 0.0265. The van der Waals surface area contributed by atoms with Crippen molar-refractivity contribution in [1.29, 1.82) is 0 Å². The average Bonchev–Trinajstić information content (AvgIpc) is 0.914. The maximum absolute atomic E-state index is 13.5. The van der Waals surface area contributed by atoms with Crippen LogP contribution in [-0.2, 0) is 73.8 Å². The molecule has 3 aliphatic rings. The third-order valence-electron chi connectivity index (χ3n) is 15.6. The largest absolute Gasteiger partial charge is 0.497 e. The molecule has 24 nitrogen and oxygen atoms in total. The molecule has 1 amide bonds. The van der Waals surface area contributed by atoms with Crippen molar-refractivity contribution in [3.05, 3.63) is 163 Å². The van der Waals surface area contributed by atoms with Crippen molar-refractivity contribution in [2.75, 3.05) is 87.2 Å². The summed E-state index contributed by atoms with van der Waals surface area (Å²) >= 11 is 0. The molecule has 7 aromatic rings. The topological polar surface area (TPSA) is 259 Å². The molecular weight excluding hydrogens is 1240 g/mol. The second kappa shape index (κ2) is 34.4. The Morgan fingerprint density at radius 2 is 1.00 bits per heavy atom. The van der Waals surface area contributed by atoms with Crippen LogP contribution in [0.1, 0.15) is 76.6 Å². The molecule has 510 valence electrons. The molecule has 4 aromatic carbocycles. The van der Waals surface area contributed by atoms with Gasteiger partial charge in [-0.05, 0) is 143 Å². The molecule has 0 atom stereocenters. The number of pyridine rings is 3. The summed E-state index contributed by atoms with van der Waals surface area (Å²) in [5.41, 5.74) is 3.43. The Kier molecular flexibility index (Phi) is 25.7. The predicted molar refractivity (Wildman–Crippen MR) is 362 cm³/mol. The van der Waals surface area contributed by atoms with Crippen molar-refractivity contribution < 1.29 is 76.1 Å². The first-order valence-corrected chi connectivity index (χ1v) is 31.7. The zero-order chi connectivity index (χ0) is 68.9. The Hall–Kier alpha value is -10.0. The normalized spacial score (nSPS) is 14.3. The van der Waals surface area contributed by atoms with Gasteiger partial charge in [-0.25, -0.2) is 19.2 Å². The number of carbonyl (C=O) groups is 5. The number of fused-ring (bicyclic) bond motifs is 4. The molecular formula is C72H83N5O19. The third-order valence-corrected chi connectivity index (χ3v) is 15.6. The Morgan fingerprint density at radius 1 is 0.552 bits per heavy atom. The molecule has 10 rings (SSSR count). The molecule has 0 saturated carbocycles. The van der Waals surface area contributed by atoms with Crippen LogP contribution in [0.4, 0.5) is 4.79 Å². The zero-order valence-electron chi connectivity index (χ0n) is 55.7. The highest BCUT2D eigenvalue weighted by Crippen LogP contribution is 2.33. The van der Waals surface area contributed by atoms with E-state index in [4.69, 9.17) is 52.1 Å². The van der Waals surface area contributed by atoms with Crippen LogP contribution in [0.3, 0.4) is 0 Å². The van der Waals surface area contributed by atoms with Crippen LogP contribution in [0.2, 0.25) is 0 Å². The van der Waals surface area contributed by atoms with E-state index in [1.165, 1.54) is 48.1 Å². The lowest BCUT2D eigenvalue weighted by Gasteiger charge is -2.39. The Morgan fingerprint density at radius 3 is 1.46 bits per heavy atom. The van der Waals surface area contributed by atoms with Crippen LogP contribution in [0.25, 0.3) is 50.9 Å². The van der Waals surface area contributed by atoms with Crippen LogP contribution < -0.4 is 40.4 Å². The van der Waals surface area contributed by atoms with Gasteiger partial charge in [-0.15, -0.1) is 0 Å². The summed E-state index contributed by atoms with van der Waals surface area (Å²) < 4.78 is 63.6. The fourth-order valence-electron chi connectivity index (χ4n) is 11.1. The lowest BCUT2D eigenvalue weighted by molar-refractivity contribution is -0.138. The van der Waals surface area contributed by atoms with Crippen molar-refractivity contribution in [3.8, 4) is 28.7 Å². The summed E-state index contributed by atoms with van der Waals surface area (Å²) in [6, 6.07) is 26.4. The molecule has 2 saturated heterocycles. The molecule has 0 spiro atoms. The number of rotatable bonds is 22. The van der Waals surface area contributed by atoms with Gasteiger partial charge in [-0.3, -0.25) is 14.4 Å². The molecule has 0 N–H and O–H groups in total. The van der Waals surface area contributed by atoms with Gasteiger partial charge in [0.2, 0.25) is 0 Å². The van der Waals surface area contributed by atoms with E-state index in [1.54, 1.807) is 92.7 Å². The fourth-order valence-corrected chi connectivity index (χ4v) is 11.1. The van der Waals surface area contributed by atoms with Crippen LogP contribution in [0.5, 0.6) is 28.7 Å². The maximum Gasteiger partial charge on any atom is 0.410 e. The van der Waals surface area contributed by atoms with Crippen molar-refractivity contribution >= 4 is 81.2 Å². The highest BCUT2D eigenvalue weighted by atomic mass is 16.7. The van der Waals surface area contributed by atoms with Gasteiger partial charge in [0.25, 0.3) is 16.7 Å². The number of esters is 3. The van der Waals surface area contributed by atoms with Gasteiger partial charge < -0.3 is 80.4 Å². The van der Waals surface area contributed by atoms with Gasteiger partial charge in [0.05, 0.1) is 84.0 Å². The summed E-state index contributed by atoms with van der Waals surface area (Å²) in [5, 5.41) is 2.37. The number of methoxy groups -OCH3 is 3. The standard InChI is InChI=1S/C36H45N3O8.C19H21NO6.C17H17NO5/c1-6-44-34(41)12-8-26-22-33(40)38(30-23-28(43-5)9-10-29(26)30)18-17-37-15-13-27(14-16-37)39(35(42)47-36(2,3)4)24-25-7-11-31-32(21-25)46-20-19-45-31;1-3-24-18(22)7-4-13-10-17(21)20(12-19-25-8-9-26-19)16-11-14(23-2)5-6-15(13)16;1-3-23-17(21)7-4-12-10-16(20)18(8-9-19)15-11-13(22-2)5-6-14(12)15/h7-12,21-23,27H,6,13-20,24H2,1-5H3;4-7,10-11,19H,3,8-9,12H2,1-2H3;4-7,9-11H,3,8H2,1-2H3/b12-8-;2*7-4+. The molecule has 24 heteroatoms. The van der Waals surface area contributed by atoms with Crippen LogP contribution >= 0.6 is 0 Å². The number of hydrogen-bond acceptors (Lipinski definition) is 20. The number of piperidine rings is 1. The van der Waals surface area contributed by atoms with E-state index >= 15 is 0 Å². The Bertz CT molecular complexity index is 4180. The highest BCUT2D eigenvalue weighted by molar-refractivity contribution is 5.96. The number of hydrogen-bond donors (Lipinski definition) is 0. The molecule has 3 aromatic heterocycles. The van der Waals surface area contributed by atoms with Gasteiger partial charge in [-0.2, -0.15) is 0 Å². The van der Waals surface area contributed by atoms with Crippen LogP contribution in [0, 0.1) is 0 Å². The number of ether oxygens (including phenoxy) is 11. The predicted octanol–water partition coefficient (Wildman–Crippen LogP) is 9.00. The van der Waals surface area contributed by atoms with Gasteiger partial charge in [0.1, 0.15) is 42.3 Å². The summed E-state index contributed by atoms with van der Waals surface area (Å²) in [6.45, 7) is 17.0. The first-order chi connectivity index (χ1) is 46.3. The molecule has 96 heavy (non-hydrogen) atoms.